The van der Waals surface area contributed by atoms with E-state index in [2.05, 4.69) is 9.97 Å². The number of pyridine rings is 1. The van der Waals surface area contributed by atoms with Crippen LogP contribution in [-0.2, 0) is 9.84 Å². The molecule has 0 atom stereocenters. The third-order valence-electron chi connectivity index (χ3n) is 6.08. The molecule has 0 saturated carbocycles. The summed E-state index contributed by atoms with van der Waals surface area (Å²) in [6.07, 6.45) is 3.17. The van der Waals surface area contributed by atoms with E-state index < -0.39 is 9.84 Å². The van der Waals surface area contributed by atoms with E-state index in [-0.39, 0.29) is 4.90 Å². The van der Waals surface area contributed by atoms with Crippen LogP contribution >= 0.6 is 11.6 Å². The molecule has 5 aromatic rings. The molecule has 7 nitrogen and oxygen atoms in total. The maximum absolute atomic E-state index is 12.2. The highest BCUT2D eigenvalue weighted by molar-refractivity contribution is 7.90. The Bertz CT molecular complexity index is 1770. The quantitative estimate of drug-likeness (QED) is 0.238. The standard InChI is InChI=1S/C28H25ClN4O3S/c1-16-9-11-23(28(29)31-16)27-26(32-19(4)36-27)24-14-21(20-7-6-8-22(13-20)37(5,34)35)10-12-25(24)33-15-17(2)30-18(33)3/h6-15H,1-5H3. The van der Waals surface area contributed by atoms with E-state index in [1.807, 2.05) is 67.9 Å². The number of imidazole rings is 1. The largest absolute Gasteiger partial charge is 0.440 e. The number of sulfone groups is 1. The van der Waals surface area contributed by atoms with Gasteiger partial charge in [-0.05, 0) is 68.3 Å². The highest BCUT2D eigenvalue weighted by Gasteiger charge is 2.23. The summed E-state index contributed by atoms with van der Waals surface area (Å²) in [4.78, 5) is 14.0. The summed E-state index contributed by atoms with van der Waals surface area (Å²) in [7, 11) is -3.36. The first-order valence-corrected chi connectivity index (χ1v) is 13.9. The van der Waals surface area contributed by atoms with E-state index in [0.717, 1.165) is 39.6 Å². The third-order valence-corrected chi connectivity index (χ3v) is 7.47. The van der Waals surface area contributed by atoms with Crippen molar-refractivity contribution in [1.82, 2.24) is 19.5 Å². The van der Waals surface area contributed by atoms with E-state index >= 15 is 0 Å². The molecule has 0 aliphatic rings. The van der Waals surface area contributed by atoms with Crippen molar-refractivity contribution in [3.05, 3.63) is 89.1 Å². The van der Waals surface area contributed by atoms with Crippen LogP contribution in [0.2, 0.25) is 5.15 Å². The average molecular weight is 533 g/mol. The highest BCUT2D eigenvalue weighted by Crippen LogP contribution is 2.40. The Hall–Kier alpha value is -3.75. The van der Waals surface area contributed by atoms with Crippen molar-refractivity contribution in [2.24, 2.45) is 0 Å². The predicted octanol–water partition coefficient (Wildman–Crippen LogP) is 6.55. The second-order valence-electron chi connectivity index (χ2n) is 9.03. The molecule has 0 bridgehead atoms. The lowest BCUT2D eigenvalue weighted by Gasteiger charge is -2.14. The molecular formula is C28H25ClN4O3S. The SMILES string of the molecule is Cc1ccc(-c2oc(C)nc2-c2cc(-c3cccc(S(C)(=O)=O)c3)ccc2-n2cc(C)nc2C)c(Cl)n1. The van der Waals surface area contributed by atoms with Crippen molar-refractivity contribution < 1.29 is 12.8 Å². The lowest BCUT2D eigenvalue weighted by Crippen LogP contribution is -2.00. The van der Waals surface area contributed by atoms with Gasteiger partial charge in [-0.1, -0.05) is 29.8 Å². The molecule has 0 spiro atoms. The smallest absolute Gasteiger partial charge is 0.192 e. The number of aromatic nitrogens is 4. The van der Waals surface area contributed by atoms with Gasteiger partial charge in [0, 0.05) is 30.6 Å². The summed E-state index contributed by atoms with van der Waals surface area (Å²) in [5.74, 6) is 1.81. The van der Waals surface area contributed by atoms with Gasteiger partial charge in [0.05, 0.1) is 21.8 Å². The van der Waals surface area contributed by atoms with Crippen LogP contribution in [0.1, 0.15) is 23.1 Å². The molecule has 2 aromatic carbocycles. The molecular weight excluding hydrogens is 508 g/mol. The first-order valence-electron chi connectivity index (χ1n) is 11.6. The molecule has 0 unspecified atom stereocenters. The average Bonchev–Trinajstić information content (AvgIpc) is 3.39. The second kappa shape index (κ2) is 9.28. The zero-order valence-electron chi connectivity index (χ0n) is 21.1. The van der Waals surface area contributed by atoms with Crippen LogP contribution in [0.3, 0.4) is 0 Å². The molecule has 3 aromatic heterocycles. The number of nitrogens with zero attached hydrogens (tertiary/aromatic N) is 4. The minimum absolute atomic E-state index is 0.257. The summed E-state index contributed by atoms with van der Waals surface area (Å²) < 4.78 is 32.5. The molecule has 5 rings (SSSR count). The van der Waals surface area contributed by atoms with Gasteiger partial charge in [-0.2, -0.15) is 0 Å². The number of hydrogen-bond acceptors (Lipinski definition) is 6. The molecule has 3 heterocycles. The Morgan fingerprint density at radius 3 is 2.27 bits per heavy atom. The Morgan fingerprint density at radius 1 is 0.838 bits per heavy atom. The summed E-state index contributed by atoms with van der Waals surface area (Å²) in [6.45, 7) is 7.54. The van der Waals surface area contributed by atoms with E-state index in [4.69, 9.17) is 21.0 Å². The fourth-order valence-corrected chi connectivity index (χ4v) is 5.32. The summed E-state index contributed by atoms with van der Waals surface area (Å²) >= 11 is 6.53. The van der Waals surface area contributed by atoms with Gasteiger partial charge in [0.2, 0.25) is 0 Å². The van der Waals surface area contributed by atoms with Gasteiger partial charge in [-0.15, -0.1) is 0 Å². The van der Waals surface area contributed by atoms with Gasteiger partial charge in [0.25, 0.3) is 0 Å². The summed E-state index contributed by atoms with van der Waals surface area (Å²) in [5.41, 5.74) is 6.16. The number of aryl methyl sites for hydroxylation is 4. The zero-order chi connectivity index (χ0) is 26.5. The fraction of sp³-hybridized carbons (Fsp3) is 0.179. The van der Waals surface area contributed by atoms with E-state index in [9.17, 15) is 8.42 Å². The highest BCUT2D eigenvalue weighted by atomic mass is 35.5. The molecule has 0 amide bonds. The second-order valence-corrected chi connectivity index (χ2v) is 11.4. The topological polar surface area (TPSA) is 90.9 Å². The Labute approximate surface area is 220 Å². The predicted molar refractivity (Wildman–Crippen MR) is 145 cm³/mol. The van der Waals surface area contributed by atoms with Gasteiger partial charge in [-0.3, -0.25) is 0 Å². The third kappa shape index (κ3) is 4.82. The van der Waals surface area contributed by atoms with Crippen molar-refractivity contribution in [1.29, 1.82) is 0 Å². The van der Waals surface area contributed by atoms with Gasteiger partial charge < -0.3 is 8.98 Å². The van der Waals surface area contributed by atoms with Crippen LogP contribution in [0.25, 0.3) is 39.4 Å². The van der Waals surface area contributed by atoms with Crippen molar-refractivity contribution in [2.45, 2.75) is 32.6 Å². The number of hydrogen-bond donors (Lipinski definition) is 0. The zero-order valence-corrected chi connectivity index (χ0v) is 22.6. The molecule has 9 heteroatoms. The fourth-order valence-electron chi connectivity index (χ4n) is 4.37. The Kier molecular flexibility index (Phi) is 6.25. The molecule has 188 valence electrons. The van der Waals surface area contributed by atoms with Crippen molar-refractivity contribution in [3.8, 4) is 39.4 Å². The van der Waals surface area contributed by atoms with Crippen LogP contribution in [0, 0.1) is 27.7 Å². The van der Waals surface area contributed by atoms with Crippen LogP contribution < -0.4 is 0 Å². The number of benzene rings is 2. The van der Waals surface area contributed by atoms with Gasteiger partial charge in [0.15, 0.2) is 21.5 Å². The number of rotatable bonds is 5. The molecule has 0 fully saturated rings. The molecule has 0 aliphatic carbocycles. The molecule has 0 radical (unpaired) electrons. The van der Waals surface area contributed by atoms with Crippen molar-refractivity contribution in [3.63, 3.8) is 0 Å². The number of oxazole rings is 1. The molecule has 37 heavy (non-hydrogen) atoms. The van der Waals surface area contributed by atoms with Gasteiger partial charge in [-0.25, -0.2) is 23.4 Å². The molecule has 0 N–H and O–H groups in total. The Balaban J connectivity index is 1.78. The maximum atomic E-state index is 12.2. The van der Waals surface area contributed by atoms with E-state index in [1.54, 1.807) is 25.1 Å². The first kappa shape index (κ1) is 24.9. The lowest BCUT2D eigenvalue weighted by atomic mass is 9.98. The molecule has 0 saturated heterocycles. The minimum atomic E-state index is -3.36. The minimum Gasteiger partial charge on any atom is -0.440 e. The van der Waals surface area contributed by atoms with Crippen LogP contribution in [0.5, 0.6) is 0 Å². The van der Waals surface area contributed by atoms with Gasteiger partial charge in [0.1, 0.15) is 16.7 Å². The maximum Gasteiger partial charge on any atom is 0.192 e. The first-order chi connectivity index (χ1) is 17.5. The normalized spacial score (nSPS) is 11.7. The van der Waals surface area contributed by atoms with E-state index in [1.165, 1.54) is 6.26 Å². The van der Waals surface area contributed by atoms with Crippen LogP contribution in [0.4, 0.5) is 0 Å². The van der Waals surface area contributed by atoms with Crippen LogP contribution in [0.15, 0.2) is 70.1 Å². The monoisotopic (exact) mass is 532 g/mol. The summed E-state index contributed by atoms with van der Waals surface area (Å²) in [5, 5.41) is 0.325. The molecule has 0 aliphatic heterocycles. The Morgan fingerprint density at radius 2 is 1.59 bits per heavy atom. The van der Waals surface area contributed by atoms with Crippen LogP contribution in [-0.4, -0.2) is 34.2 Å². The van der Waals surface area contributed by atoms with Crippen molar-refractivity contribution in [2.75, 3.05) is 6.26 Å². The van der Waals surface area contributed by atoms with E-state index in [0.29, 0.717) is 28.1 Å². The summed E-state index contributed by atoms with van der Waals surface area (Å²) in [6, 6.07) is 16.6. The number of halogens is 1. The lowest BCUT2D eigenvalue weighted by molar-refractivity contribution is 0.534. The van der Waals surface area contributed by atoms with Crippen molar-refractivity contribution >= 4 is 21.4 Å². The van der Waals surface area contributed by atoms with Gasteiger partial charge >= 0.3 is 0 Å².